The van der Waals surface area contributed by atoms with Gasteiger partial charge in [-0.3, -0.25) is 9.78 Å². The molecule has 0 saturated carbocycles. The number of sulfonamides is 1. The fourth-order valence-corrected chi connectivity index (χ4v) is 7.18. The second-order valence-electron chi connectivity index (χ2n) is 12.4. The minimum atomic E-state index is -3.94. The number of hydrogen-bond acceptors (Lipinski definition) is 8. The molecule has 0 N–H and O–H groups in total. The van der Waals surface area contributed by atoms with Crippen molar-refractivity contribution in [1.82, 2.24) is 9.29 Å². The van der Waals surface area contributed by atoms with Crippen molar-refractivity contribution in [3.63, 3.8) is 0 Å². The van der Waals surface area contributed by atoms with Crippen LogP contribution in [0, 0.1) is 0 Å². The highest BCUT2D eigenvalue weighted by molar-refractivity contribution is 7.91. The van der Waals surface area contributed by atoms with Gasteiger partial charge in [-0.15, -0.1) is 0 Å². The highest BCUT2D eigenvalue weighted by Crippen LogP contribution is 2.39. The van der Waals surface area contributed by atoms with Crippen molar-refractivity contribution in [2.75, 3.05) is 26.3 Å². The molecule has 1 aromatic rings. The summed E-state index contributed by atoms with van der Waals surface area (Å²) in [5.41, 5.74) is 0.167. The van der Waals surface area contributed by atoms with Crippen molar-refractivity contribution >= 4 is 28.6 Å². The van der Waals surface area contributed by atoms with E-state index in [0.717, 1.165) is 11.2 Å². The van der Waals surface area contributed by atoms with Crippen LogP contribution in [0.25, 0.3) is 0 Å². The molecule has 0 atom stereocenters. The molecule has 3 aliphatic heterocycles. The van der Waals surface area contributed by atoms with Crippen molar-refractivity contribution in [3.05, 3.63) is 24.0 Å². The molecule has 3 aliphatic rings. The van der Waals surface area contributed by atoms with E-state index in [1.165, 1.54) is 4.31 Å². The fourth-order valence-electron chi connectivity index (χ4n) is 5.06. The Morgan fingerprint density at radius 3 is 2.11 bits per heavy atom. The summed E-state index contributed by atoms with van der Waals surface area (Å²) in [5.74, 6) is -0.545. The predicted octanol–water partition coefficient (Wildman–Crippen LogP) is 2.78. The van der Waals surface area contributed by atoms with Crippen LogP contribution in [-0.4, -0.2) is 78.6 Å². The van der Waals surface area contributed by atoms with E-state index in [0.29, 0.717) is 25.9 Å². The van der Waals surface area contributed by atoms with Crippen LogP contribution in [0.15, 0.2) is 18.3 Å². The molecule has 3 saturated heterocycles. The number of pyridine rings is 1. The van der Waals surface area contributed by atoms with E-state index in [1.54, 1.807) is 27.0 Å². The summed E-state index contributed by atoms with van der Waals surface area (Å²) in [6.45, 7) is 14.4. The van der Waals surface area contributed by atoms with E-state index in [2.05, 4.69) is 4.98 Å². The molecule has 0 unspecified atom stereocenters. The summed E-state index contributed by atoms with van der Waals surface area (Å²) < 4.78 is 50.8. The van der Waals surface area contributed by atoms with Gasteiger partial charge in [0.05, 0.1) is 11.2 Å². The Hall–Kier alpha value is -1.53. The van der Waals surface area contributed by atoms with Gasteiger partial charge in [0, 0.05) is 62.4 Å². The Morgan fingerprint density at radius 2 is 1.62 bits per heavy atom. The van der Waals surface area contributed by atoms with Crippen molar-refractivity contribution < 1.29 is 32.0 Å². The van der Waals surface area contributed by atoms with E-state index in [9.17, 15) is 13.2 Å². The Kier molecular flexibility index (Phi) is 7.62. The number of piperidine rings is 1. The van der Waals surface area contributed by atoms with Gasteiger partial charge in [0.2, 0.25) is 10.0 Å². The van der Waals surface area contributed by atoms with Gasteiger partial charge < -0.3 is 18.8 Å². The molecule has 9 nitrogen and oxygen atoms in total. The molecule has 0 aromatic carbocycles. The Morgan fingerprint density at radius 1 is 1.05 bits per heavy atom. The summed E-state index contributed by atoms with van der Waals surface area (Å²) in [7, 11) is -4.41. The molecule has 3 fully saturated rings. The van der Waals surface area contributed by atoms with Crippen LogP contribution in [0.1, 0.15) is 85.8 Å². The molecule has 0 aliphatic carbocycles. The van der Waals surface area contributed by atoms with Crippen LogP contribution in [0.5, 0.6) is 0 Å². The normalized spacial score (nSPS) is 24.7. The highest BCUT2D eigenvalue weighted by atomic mass is 32.2. The lowest BCUT2D eigenvalue weighted by Crippen LogP contribution is -2.58. The number of carbonyl (C=O) groups is 1. The van der Waals surface area contributed by atoms with Gasteiger partial charge in [0.15, 0.2) is 4.75 Å². The lowest BCUT2D eigenvalue weighted by molar-refractivity contribution is -0.161. The molecule has 0 amide bonds. The first-order valence-electron chi connectivity index (χ1n) is 13.2. The molecule has 206 valence electrons. The van der Waals surface area contributed by atoms with E-state index in [4.69, 9.17) is 18.8 Å². The maximum atomic E-state index is 13.9. The first kappa shape index (κ1) is 28.5. The van der Waals surface area contributed by atoms with Gasteiger partial charge in [-0.1, -0.05) is 6.07 Å². The summed E-state index contributed by atoms with van der Waals surface area (Å²) >= 11 is 0. The number of rotatable bonds is 5. The number of ether oxygens (including phenoxy) is 2. The fraction of sp³-hybridized carbons (Fsp3) is 0.769. The monoisotopic (exact) mass is 536 g/mol. The molecule has 11 heteroatoms. The van der Waals surface area contributed by atoms with E-state index in [1.807, 2.05) is 39.8 Å². The van der Waals surface area contributed by atoms with Crippen LogP contribution >= 0.6 is 0 Å². The van der Waals surface area contributed by atoms with Gasteiger partial charge in [-0.25, -0.2) is 12.7 Å². The largest absolute Gasteiger partial charge is 0.496 e. The smallest absolute Gasteiger partial charge is 0.459 e. The summed E-state index contributed by atoms with van der Waals surface area (Å²) in [6.07, 6.45) is 3.25. The number of hydrogen-bond donors (Lipinski definition) is 0. The summed E-state index contributed by atoms with van der Waals surface area (Å²) in [5, 5.41) is 0. The molecule has 1 aromatic heterocycles. The van der Waals surface area contributed by atoms with E-state index < -0.39 is 44.7 Å². The Balaban J connectivity index is 1.44. The maximum absolute atomic E-state index is 13.9. The van der Waals surface area contributed by atoms with Gasteiger partial charge in [-0.05, 0) is 67.4 Å². The molecule has 4 heterocycles. The number of aromatic nitrogens is 1. The van der Waals surface area contributed by atoms with Gasteiger partial charge >= 0.3 is 13.1 Å². The van der Waals surface area contributed by atoms with Crippen molar-refractivity contribution in [2.24, 2.45) is 0 Å². The Labute approximate surface area is 221 Å². The van der Waals surface area contributed by atoms with E-state index in [-0.39, 0.29) is 32.0 Å². The SMILES string of the molecule is CC(C)(C)OC(=O)C1(S(=O)(=O)N2CCC(c3ccc(B4OC(C)(C)C(C)(C)O4)cn3)CC2)CCOCC1. The minimum Gasteiger partial charge on any atom is -0.459 e. The predicted molar refractivity (Wildman–Crippen MR) is 141 cm³/mol. The average Bonchev–Trinajstić information content (AvgIpc) is 3.05. The third kappa shape index (κ3) is 5.48. The molecule has 0 bridgehead atoms. The zero-order valence-electron chi connectivity index (χ0n) is 23.2. The second-order valence-corrected chi connectivity index (χ2v) is 14.6. The van der Waals surface area contributed by atoms with Crippen LogP contribution in [0.3, 0.4) is 0 Å². The average molecular weight is 537 g/mol. The standard InChI is InChI=1S/C26H41BN2O7S/c1-23(2,3)34-22(30)26(12-16-33-17-13-26)37(31,32)29-14-10-19(11-15-29)21-9-8-20(18-28-21)27-35-24(4,5)25(6,7)36-27/h8-9,18-19H,10-17H2,1-7H3. The second kappa shape index (κ2) is 9.90. The lowest BCUT2D eigenvalue weighted by atomic mass is 9.80. The third-order valence-corrected chi connectivity index (χ3v) is 10.7. The first-order valence-corrected chi connectivity index (χ1v) is 14.6. The Bertz CT molecular complexity index is 1070. The van der Waals surface area contributed by atoms with Crippen LogP contribution in [0.2, 0.25) is 0 Å². The van der Waals surface area contributed by atoms with Gasteiger partial charge in [0.25, 0.3) is 0 Å². The zero-order valence-corrected chi connectivity index (χ0v) is 24.0. The van der Waals surface area contributed by atoms with Crippen LogP contribution < -0.4 is 5.46 Å². The lowest BCUT2D eigenvalue weighted by Gasteiger charge is -2.41. The molecular weight excluding hydrogens is 495 g/mol. The number of carbonyl (C=O) groups excluding carboxylic acids is 1. The minimum absolute atomic E-state index is 0.103. The number of esters is 1. The molecule has 37 heavy (non-hydrogen) atoms. The highest BCUT2D eigenvalue weighted by Gasteiger charge is 2.56. The van der Waals surface area contributed by atoms with Crippen molar-refractivity contribution in [1.29, 1.82) is 0 Å². The van der Waals surface area contributed by atoms with Gasteiger partial charge in [-0.2, -0.15) is 0 Å². The summed E-state index contributed by atoms with van der Waals surface area (Å²) in [4.78, 5) is 17.9. The topological polar surface area (TPSA) is 104 Å². The van der Waals surface area contributed by atoms with Crippen molar-refractivity contribution in [3.8, 4) is 0 Å². The van der Waals surface area contributed by atoms with E-state index >= 15 is 0 Å². The zero-order chi connectivity index (χ0) is 27.3. The first-order chi connectivity index (χ1) is 17.1. The van der Waals surface area contributed by atoms with Gasteiger partial charge in [0.1, 0.15) is 5.60 Å². The van der Waals surface area contributed by atoms with Crippen LogP contribution in [-0.2, 0) is 33.6 Å². The molecule has 4 rings (SSSR count). The maximum Gasteiger partial charge on any atom is 0.496 e. The summed E-state index contributed by atoms with van der Waals surface area (Å²) in [6, 6.07) is 3.96. The molecule has 0 radical (unpaired) electrons. The number of nitrogens with zero attached hydrogens (tertiary/aromatic N) is 2. The van der Waals surface area contributed by atoms with Crippen LogP contribution in [0.4, 0.5) is 0 Å². The third-order valence-electron chi connectivity index (χ3n) is 8.11. The molecular formula is C26H41BN2O7S. The van der Waals surface area contributed by atoms with Crippen molar-refractivity contribution in [2.45, 2.75) is 102 Å². The quantitative estimate of drug-likeness (QED) is 0.418. The molecule has 0 spiro atoms.